The lowest BCUT2D eigenvalue weighted by Gasteiger charge is -2.10. The van der Waals surface area contributed by atoms with Gasteiger partial charge in [-0.05, 0) is 30.4 Å². The summed E-state index contributed by atoms with van der Waals surface area (Å²) in [5.41, 5.74) is 2.44. The number of carbonyl (C=O) groups is 1. The molecule has 1 amide bonds. The van der Waals surface area contributed by atoms with E-state index in [4.69, 9.17) is 4.42 Å². The lowest BCUT2D eigenvalue weighted by Crippen LogP contribution is -2.32. The van der Waals surface area contributed by atoms with E-state index in [-0.39, 0.29) is 11.2 Å². The van der Waals surface area contributed by atoms with E-state index >= 15 is 0 Å². The van der Waals surface area contributed by atoms with Crippen molar-refractivity contribution >= 4 is 17.7 Å². The second kappa shape index (κ2) is 10.1. The minimum absolute atomic E-state index is 0.0293. The maximum Gasteiger partial charge on any atom is 0.277 e. The first kappa shape index (κ1) is 20.1. The van der Waals surface area contributed by atoms with Gasteiger partial charge in [-0.2, -0.15) is 0 Å². The summed E-state index contributed by atoms with van der Waals surface area (Å²) in [4.78, 5) is 12.3. The van der Waals surface area contributed by atoms with Crippen molar-refractivity contribution in [1.29, 1.82) is 0 Å². The van der Waals surface area contributed by atoms with Crippen LogP contribution in [-0.4, -0.2) is 27.9 Å². The lowest BCUT2D eigenvalue weighted by molar-refractivity contribution is -0.120. The van der Waals surface area contributed by atoms with Crippen molar-refractivity contribution in [3.63, 3.8) is 0 Å². The molecule has 0 bridgehead atoms. The van der Waals surface area contributed by atoms with Crippen LogP contribution in [0.4, 0.5) is 0 Å². The van der Waals surface area contributed by atoms with E-state index in [9.17, 15) is 4.79 Å². The van der Waals surface area contributed by atoms with Crippen molar-refractivity contribution < 1.29 is 9.21 Å². The van der Waals surface area contributed by atoms with Gasteiger partial charge in [0.15, 0.2) is 0 Å². The van der Waals surface area contributed by atoms with Crippen molar-refractivity contribution in [2.24, 2.45) is 0 Å². The molecule has 146 valence electrons. The first-order valence-corrected chi connectivity index (χ1v) is 10.4. The van der Waals surface area contributed by atoms with Crippen LogP contribution in [0, 0.1) is 0 Å². The fourth-order valence-corrected chi connectivity index (χ4v) is 3.58. The molecule has 0 fully saturated rings. The van der Waals surface area contributed by atoms with Gasteiger partial charge in [-0.15, -0.1) is 10.2 Å². The smallest absolute Gasteiger partial charge is 0.277 e. The van der Waals surface area contributed by atoms with Gasteiger partial charge >= 0.3 is 0 Å². The van der Waals surface area contributed by atoms with Gasteiger partial charge in [0, 0.05) is 13.0 Å². The summed E-state index contributed by atoms with van der Waals surface area (Å²) < 4.78 is 5.73. The maximum atomic E-state index is 12.3. The molecule has 2 atom stereocenters. The zero-order chi connectivity index (χ0) is 19.8. The van der Waals surface area contributed by atoms with Crippen LogP contribution in [0.25, 0.3) is 0 Å². The Hall–Kier alpha value is -2.60. The highest BCUT2D eigenvalue weighted by Crippen LogP contribution is 2.25. The Bertz CT molecular complexity index is 868. The molecule has 0 saturated heterocycles. The van der Waals surface area contributed by atoms with Gasteiger partial charge in [0.2, 0.25) is 11.8 Å². The van der Waals surface area contributed by atoms with Crippen molar-refractivity contribution in [3.8, 4) is 0 Å². The maximum absolute atomic E-state index is 12.3. The highest BCUT2D eigenvalue weighted by Gasteiger charge is 2.19. The second-order valence-corrected chi connectivity index (χ2v) is 8.06. The summed E-state index contributed by atoms with van der Waals surface area (Å²) in [7, 11) is 0. The normalized spacial score (nSPS) is 13.1. The third kappa shape index (κ3) is 5.96. The summed E-state index contributed by atoms with van der Waals surface area (Å²) in [6, 6.07) is 20.4. The molecule has 3 rings (SSSR count). The Morgan fingerprint density at radius 1 is 1.04 bits per heavy atom. The number of hydrogen-bond acceptors (Lipinski definition) is 5. The van der Waals surface area contributed by atoms with Crippen LogP contribution in [0.2, 0.25) is 0 Å². The minimum atomic E-state index is -0.296. The molecule has 1 heterocycles. The van der Waals surface area contributed by atoms with Crippen LogP contribution < -0.4 is 5.32 Å². The number of benzene rings is 2. The molecule has 5 nitrogen and oxygen atoms in total. The Morgan fingerprint density at radius 2 is 1.71 bits per heavy atom. The van der Waals surface area contributed by atoms with Crippen molar-refractivity contribution in [3.05, 3.63) is 77.7 Å². The third-order valence-electron chi connectivity index (χ3n) is 4.50. The van der Waals surface area contributed by atoms with Gasteiger partial charge in [-0.3, -0.25) is 4.79 Å². The van der Waals surface area contributed by atoms with E-state index in [0.717, 1.165) is 6.42 Å². The van der Waals surface area contributed by atoms with Gasteiger partial charge in [-0.25, -0.2) is 0 Å². The summed E-state index contributed by atoms with van der Waals surface area (Å²) in [5.74, 6) is 0.854. The summed E-state index contributed by atoms with van der Waals surface area (Å²) in [6.07, 6.45) is 1.49. The molecule has 0 aliphatic carbocycles. The number of nitrogens with one attached hydrogen (secondary N) is 1. The Balaban J connectivity index is 1.45. The summed E-state index contributed by atoms with van der Waals surface area (Å²) in [5, 5.41) is 11.3. The van der Waals surface area contributed by atoms with Crippen molar-refractivity contribution in [1.82, 2.24) is 15.5 Å². The summed E-state index contributed by atoms with van der Waals surface area (Å²) in [6.45, 7) is 4.59. The van der Waals surface area contributed by atoms with E-state index in [0.29, 0.717) is 30.0 Å². The van der Waals surface area contributed by atoms with Crippen LogP contribution >= 0.6 is 11.8 Å². The molecule has 2 aromatic carbocycles. The molecule has 1 aromatic heterocycles. The molecular weight excluding hydrogens is 370 g/mol. The highest BCUT2D eigenvalue weighted by atomic mass is 32.2. The lowest BCUT2D eigenvalue weighted by atomic mass is 9.98. The number of carbonyl (C=O) groups excluding carboxylic acids is 1. The fourth-order valence-electron chi connectivity index (χ4n) is 2.85. The molecule has 3 aromatic rings. The molecule has 0 aliphatic heterocycles. The van der Waals surface area contributed by atoms with Crippen LogP contribution in [-0.2, 0) is 17.6 Å². The second-order valence-electron chi connectivity index (χ2n) is 6.76. The van der Waals surface area contributed by atoms with Gasteiger partial charge < -0.3 is 9.73 Å². The van der Waals surface area contributed by atoms with Gasteiger partial charge in [0.05, 0.1) is 5.25 Å². The van der Waals surface area contributed by atoms with E-state index in [1.165, 1.54) is 22.9 Å². The molecule has 1 N–H and O–H groups in total. The molecule has 2 unspecified atom stereocenters. The van der Waals surface area contributed by atoms with E-state index < -0.39 is 0 Å². The van der Waals surface area contributed by atoms with Crippen molar-refractivity contribution in [2.45, 2.75) is 43.1 Å². The molecule has 0 spiro atoms. The third-order valence-corrected chi connectivity index (χ3v) is 5.43. The number of amides is 1. The van der Waals surface area contributed by atoms with Crippen molar-refractivity contribution in [2.75, 3.05) is 6.54 Å². The standard InChI is InChI=1S/C22H25N3O2S/c1-16(19-11-7-4-8-12-19)15-20-24-25-22(27-20)28-17(2)21(26)23-14-13-18-9-5-3-6-10-18/h3-12,16-17H,13-15H2,1-2H3,(H,23,26). The van der Waals surface area contributed by atoms with Gasteiger partial charge in [0.1, 0.15) is 0 Å². The monoisotopic (exact) mass is 395 g/mol. The number of nitrogens with zero attached hydrogens (tertiary/aromatic N) is 2. The summed E-state index contributed by atoms with van der Waals surface area (Å²) >= 11 is 1.29. The van der Waals surface area contributed by atoms with Crippen LogP contribution in [0.15, 0.2) is 70.3 Å². The molecule has 6 heteroatoms. The van der Waals surface area contributed by atoms with E-state index in [2.05, 4.69) is 46.7 Å². The molecule has 0 radical (unpaired) electrons. The van der Waals surface area contributed by atoms with Crippen LogP contribution in [0.5, 0.6) is 0 Å². The number of rotatable bonds is 9. The van der Waals surface area contributed by atoms with Crippen LogP contribution in [0.3, 0.4) is 0 Å². The highest BCUT2D eigenvalue weighted by molar-refractivity contribution is 8.00. The quantitative estimate of drug-likeness (QED) is 0.549. The average Bonchev–Trinajstić information content (AvgIpc) is 3.16. The van der Waals surface area contributed by atoms with Crippen LogP contribution in [0.1, 0.15) is 36.8 Å². The van der Waals surface area contributed by atoms with Gasteiger partial charge in [0.25, 0.3) is 5.22 Å². The average molecular weight is 396 g/mol. The first-order valence-electron chi connectivity index (χ1n) is 9.47. The molecular formula is C22H25N3O2S. The minimum Gasteiger partial charge on any atom is -0.416 e. The van der Waals surface area contributed by atoms with Gasteiger partial charge in [-0.1, -0.05) is 79.3 Å². The molecule has 28 heavy (non-hydrogen) atoms. The fraction of sp³-hybridized carbons (Fsp3) is 0.318. The predicted octanol–water partition coefficient (Wildman–Crippen LogP) is 4.26. The van der Waals surface area contributed by atoms with E-state index in [1.54, 1.807) is 0 Å². The zero-order valence-electron chi connectivity index (χ0n) is 16.2. The predicted molar refractivity (Wildman–Crippen MR) is 111 cm³/mol. The Morgan fingerprint density at radius 3 is 2.43 bits per heavy atom. The Labute approximate surface area is 170 Å². The molecule has 0 aliphatic rings. The first-order chi connectivity index (χ1) is 13.6. The topological polar surface area (TPSA) is 68.0 Å². The SMILES string of the molecule is CC(Sc1nnc(CC(C)c2ccccc2)o1)C(=O)NCCc1ccccc1. The number of aromatic nitrogens is 2. The molecule has 0 saturated carbocycles. The number of hydrogen-bond donors (Lipinski definition) is 1. The largest absolute Gasteiger partial charge is 0.416 e. The number of thioether (sulfide) groups is 1. The zero-order valence-corrected chi connectivity index (χ0v) is 17.0. The Kier molecular flexibility index (Phi) is 7.25. The van der Waals surface area contributed by atoms with E-state index in [1.807, 2.05) is 43.3 Å².